The fraction of sp³-hybridized carbons (Fsp3) is 0.556. The molecule has 2 fully saturated rings. The molecule has 1 aromatic rings. The number of nitrogens with zero attached hydrogens (tertiary/aromatic N) is 2. The Morgan fingerprint density at radius 3 is 2.77 bits per heavy atom. The number of halogens is 2. The predicted octanol–water partition coefficient (Wildman–Crippen LogP) is 2.81. The first-order valence-corrected chi connectivity index (χ1v) is 9.19. The first-order valence-electron chi connectivity index (χ1n) is 8.81. The Morgan fingerprint density at radius 1 is 1.31 bits per heavy atom. The van der Waals surface area contributed by atoms with Gasteiger partial charge < -0.3 is 20.2 Å². The third-order valence-electron chi connectivity index (χ3n) is 5.08. The van der Waals surface area contributed by atoms with Gasteiger partial charge in [0.25, 0.3) is 0 Å². The highest BCUT2D eigenvalue weighted by atomic mass is 35.5. The Morgan fingerprint density at radius 2 is 2.08 bits per heavy atom. The second-order valence-electron chi connectivity index (χ2n) is 7.26. The highest BCUT2D eigenvalue weighted by molar-refractivity contribution is 6.31. The molecule has 0 radical (unpaired) electrons. The summed E-state index contributed by atoms with van der Waals surface area (Å²) in [7, 11) is 0. The summed E-state index contributed by atoms with van der Waals surface area (Å²) in [5.74, 6) is -1.65. The average Bonchev–Trinajstić information content (AvgIpc) is 3.05. The van der Waals surface area contributed by atoms with Gasteiger partial charge in [0.1, 0.15) is 5.82 Å². The van der Waals surface area contributed by atoms with Gasteiger partial charge in [-0.05, 0) is 37.0 Å². The Bertz CT molecular complexity index is 702. The van der Waals surface area contributed by atoms with E-state index in [-0.39, 0.29) is 29.6 Å². The normalized spacial score (nSPS) is 26.0. The van der Waals surface area contributed by atoms with Crippen LogP contribution in [0.3, 0.4) is 0 Å². The predicted molar refractivity (Wildman–Crippen MR) is 97.0 cm³/mol. The van der Waals surface area contributed by atoms with Gasteiger partial charge in [-0.2, -0.15) is 0 Å². The molecule has 26 heavy (non-hydrogen) atoms. The number of carboxylic acids is 1. The molecule has 1 aromatic carbocycles. The molecule has 0 bridgehead atoms. The Balaban J connectivity index is 1.57. The summed E-state index contributed by atoms with van der Waals surface area (Å²) in [4.78, 5) is 27.5. The Kier molecular flexibility index (Phi) is 5.55. The third-order valence-corrected chi connectivity index (χ3v) is 5.37. The smallest absolute Gasteiger partial charge is 0.317 e. The molecule has 2 amide bonds. The number of anilines is 1. The lowest BCUT2D eigenvalue weighted by atomic mass is 9.91. The van der Waals surface area contributed by atoms with Crippen LogP contribution in [-0.4, -0.2) is 54.2 Å². The lowest BCUT2D eigenvalue weighted by Gasteiger charge is -2.35. The maximum Gasteiger partial charge on any atom is 0.317 e. The molecule has 2 N–H and O–H groups in total. The van der Waals surface area contributed by atoms with Gasteiger partial charge in [-0.1, -0.05) is 18.5 Å². The van der Waals surface area contributed by atoms with E-state index in [1.807, 2.05) is 6.92 Å². The zero-order chi connectivity index (χ0) is 18.8. The number of urea groups is 1. The van der Waals surface area contributed by atoms with Crippen LogP contribution < -0.4 is 10.2 Å². The molecule has 0 saturated carbocycles. The van der Waals surface area contributed by atoms with Crippen molar-refractivity contribution in [2.45, 2.75) is 25.8 Å². The molecule has 0 aromatic heterocycles. The van der Waals surface area contributed by atoms with Crippen molar-refractivity contribution in [2.75, 3.05) is 31.1 Å². The van der Waals surface area contributed by atoms with Gasteiger partial charge in [-0.15, -0.1) is 0 Å². The molecule has 2 aliphatic heterocycles. The van der Waals surface area contributed by atoms with Gasteiger partial charge in [0.05, 0.1) is 10.9 Å². The van der Waals surface area contributed by atoms with E-state index >= 15 is 0 Å². The lowest BCUT2D eigenvalue weighted by molar-refractivity contribution is -0.143. The zero-order valence-electron chi connectivity index (χ0n) is 14.6. The number of benzene rings is 1. The van der Waals surface area contributed by atoms with Crippen molar-refractivity contribution >= 4 is 29.3 Å². The van der Waals surface area contributed by atoms with E-state index in [9.17, 15) is 19.1 Å². The molecular formula is C18H23ClFN3O3. The number of carbonyl (C=O) groups excluding carboxylic acids is 1. The molecule has 2 heterocycles. The zero-order valence-corrected chi connectivity index (χ0v) is 15.4. The molecule has 2 saturated heterocycles. The number of carbonyl (C=O) groups is 2. The molecule has 0 aliphatic carbocycles. The fourth-order valence-corrected chi connectivity index (χ4v) is 3.93. The summed E-state index contributed by atoms with van der Waals surface area (Å²) in [5.41, 5.74) is 0.825. The third kappa shape index (κ3) is 4.20. The highest BCUT2D eigenvalue weighted by Gasteiger charge is 2.33. The number of rotatable bonds is 3. The van der Waals surface area contributed by atoms with Crippen LogP contribution in [0.25, 0.3) is 0 Å². The second kappa shape index (κ2) is 7.70. The summed E-state index contributed by atoms with van der Waals surface area (Å²) in [6, 6.07) is 4.35. The van der Waals surface area contributed by atoms with Crippen LogP contribution >= 0.6 is 11.6 Å². The lowest BCUT2D eigenvalue weighted by Crippen LogP contribution is -2.52. The number of nitrogens with one attached hydrogen (secondary N) is 1. The summed E-state index contributed by atoms with van der Waals surface area (Å²) in [6.07, 6.45) is 1.37. The van der Waals surface area contributed by atoms with Crippen molar-refractivity contribution < 1.29 is 19.1 Å². The molecule has 3 unspecified atom stereocenters. The van der Waals surface area contributed by atoms with Crippen LogP contribution in [0.15, 0.2) is 18.2 Å². The minimum Gasteiger partial charge on any atom is -0.481 e. The van der Waals surface area contributed by atoms with Crippen LogP contribution in [0.2, 0.25) is 5.02 Å². The van der Waals surface area contributed by atoms with E-state index < -0.39 is 17.7 Å². The summed E-state index contributed by atoms with van der Waals surface area (Å²) in [5, 5.41) is 12.3. The number of amides is 2. The quantitative estimate of drug-likeness (QED) is 0.841. The average molecular weight is 384 g/mol. The first kappa shape index (κ1) is 18.8. The van der Waals surface area contributed by atoms with Crippen molar-refractivity contribution in [3.63, 3.8) is 0 Å². The van der Waals surface area contributed by atoms with E-state index in [1.165, 1.54) is 6.07 Å². The van der Waals surface area contributed by atoms with Crippen molar-refractivity contribution in [1.29, 1.82) is 0 Å². The van der Waals surface area contributed by atoms with E-state index in [2.05, 4.69) is 10.2 Å². The fourth-order valence-electron chi connectivity index (χ4n) is 3.76. The van der Waals surface area contributed by atoms with Gasteiger partial charge >= 0.3 is 12.0 Å². The summed E-state index contributed by atoms with van der Waals surface area (Å²) in [6.45, 7) is 4.13. The van der Waals surface area contributed by atoms with Crippen LogP contribution in [0.5, 0.6) is 0 Å². The van der Waals surface area contributed by atoms with Crippen LogP contribution in [0, 0.1) is 17.7 Å². The maximum absolute atomic E-state index is 13.3. The van der Waals surface area contributed by atoms with Crippen molar-refractivity contribution in [2.24, 2.45) is 11.8 Å². The Labute approximate surface area is 156 Å². The standard InChI is InChI=1S/C18H23ClFN3O3/c1-11-6-12(17(24)25)9-23(8-11)18(26)21-13-4-5-22(10-13)14-2-3-16(20)15(19)7-14/h2-3,7,11-13H,4-6,8-10H2,1H3,(H,21,26)(H,24,25). The number of piperidine rings is 1. The highest BCUT2D eigenvalue weighted by Crippen LogP contribution is 2.26. The number of hydrogen-bond donors (Lipinski definition) is 2. The number of carboxylic acid groups (broad SMARTS) is 1. The summed E-state index contributed by atoms with van der Waals surface area (Å²) < 4.78 is 13.3. The minimum absolute atomic E-state index is 0.0353. The monoisotopic (exact) mass is 383 g/mol. The topological polar surface area (TPSA) is 72.9 Å². The van der Waals surface area contributed by atoms with Crippen LogP contribution in [0.1, 0.15) is 19.8 Å². The van der Waals surface area contributed by atoms with Gasteiger partial charge in [-0.25, -0.2) is 9.18 Å². The molecule has 6 nitrogen and oxygen atoms in total. The van der Waals surface area contributed by atoms with Gasteiger partial charge in [-0.3, -0.25) is 4.79 Å². The summed E-state index contributed by atoms with van der Waals surface area (Å²) >= 11 is 5.84. The van der Waals surface area contributed by atoms with Gasteiger partial charge in [0.15, 0.2) is 0 Å². The molecule has 0 spiro atoms. The molecular weight excluding hydrogens is 361 g/mol. The molecule has 3 rings (SSSR count). The van der Waals surface area contributed by atoms with Crippen molar-refractivity contribution in [3.8, 4) is 0 Å². The van der Waals surface area contributed by atoms with E-state index in [4.69, 9.17) is 11.6 Å². The van der Waals surface area contributed by atoms with Crippen LogP contribution in [-0.2, 0) is 4.79 Å². The number of hydrogen-bond acceptors (Lipinski definition) is 3. The van der Waals surface area contributed by atoms with Crippen molar-refractivity contribution in [3.05, 3.63) is 29.0 Å². The van der Waals surface area contributed by atoms with E-state index in [0.717, 1.165) is 18.7 Å². The second-order valence-corrected chi connectivity index (χ2v) is 7.67. The van der Waals surface area contributed by atoms with Crippen LogP contribution in [0.4, 0.5) is 14.9 Å². The van der Waals surface area contributed by atoms with Gasteiger partial charge in [0.2, 0.25) is 0 Å². The minimum atomic E-state index is -0.852. The molecule has 3 atom stereocenters. The largest absolute Gasteiger partial charge is 0.481 e. The number of likely N-dealkylation sites (tertiary alicyclic amines) is 1. The Hall–Kier alpha value is -2.02. The van der Waals surface area contributed by atoms with E-state index in [0.29, 0.717) is 19.5 Å². The SMILES string of the molecule is CC1CC(C(=O)O)CN(C(=O)NC2CCN(c3ccc(F)c(Cl)c3)C2)C1. The van der Waals surface area contributed by atoms with E-state index in [1.54, 1.807) is 17.0 Å². The molecule has 8 heteroatoms. The molecule has 142 valence electrons. The van der Waals surface area contributed by atoms with Gasteiger partial charge in [0, 0.05) is 37.9 Å². The number of aliphatic carboxylic acids is 1. The molecule has 2 aliphatic rings. The van der Waals surface area contributed by atoms with Crippen molar-refractivity contribution in [1.82, 2.24) is 10.2 Å². The first-order chi connectivity index (χ1) is 12.3. The maximum atomic E-state index is 13.3.